The van der Waals surface area contributed by atoms with Crippen LogP contribution in [0.15, 0.2) is 70.3 Å². The maximum atomic E-state index is 4.34. The maximum absolute atomic E-state index is 4.34. The zero-order valence-electron chi connectivity index (χ0n) is 9.25. The fourth-order valence-corrected chi connectivity index (χ4v) is 1.77. The van der Waals surface area contributed by atoms with Crippen molar-refractivity contribution in [3.05, 3.63) is 76.4 Å². The number of nitrogens with zero attached hydrogens (tertiary/aromatic N) is 1. The van der Waals surface area contributed by atoms with Crippen LogP contribution < -0.4 is 0 Å². The molecule has 0 saturated heterocycles. The van der Waals surface area contributed by atoms with Crippen LogP contribution in [0.4, 0.5) is 0 Å². The van der Waals surface area contributed by atoms with Gasteiger partial charge in [0.05, 0.1) is 0 Å². The average Bonchev–Trinajstić information content (AvgIpc) is 2.39. The van der Waals surface area contributed by atoms with Crippen molar-refractivity contribution in [3.8, 4) is 0 Å². The van der Waals surface area contributed by atoms with Gasteiger partial charge in [0.15, 0.2) is 0 Å². The van der Waals surface area contributed by atoms with Crippen LogP contribution in [0, 0.1) is 0 Å². The van der Waals surface area contributed by atoms with Gasteiger partial charge in [0.2, 0.25) is 0 Å². The molecule has 0 spiro atoms. The van der Waals surface area contributed by atoms with Crippen LogP contribution in [0.1, 0.15) is 11.1 Å². The van der Waals surface area contributed by atoms with Gasteiger partial charge in [-0.25, -0.2) is 4.99 Å². The summed E-state index contributed by atoms with van der Waals surface area (Å²) >= 11 is 3.44. The lowest BCUT2D eigenvalue weighted by Crippen LogP contribution is -1.78. The predicted molar refractivity (Wildman–Crippen MR) is 77.4 cm³/mol. The standard InChI is InChI=1S/C15H12BrN/c16-15(11-13-7-3-1-4-8-13)17-12-14-9-5-2-6-10-14/h1-12H/b15-11+,17-12+. The van der Waals surface area contributed by atoms with Crippen molar-refractivity contribution < 1.29 is 0 Å². The Morgan fingerprint density at radius 1 is 0.824 bits per heavy atom. The van der Waals surface area contributed by atoms with E-state index in [0.717, 1.165) is 15.7 Å². The van der Waals surface area contributed by atoms with E-state index in [1.807, 2.05) is 73.0 Å². The van der Waals surface area contributed by atoms with Crippen LogP contribution in [-0.4, -0.2) is 6.21 Å². The van der Waals surface area contributed by atoms with Crippen LogP contribution >= 0.6 is 15.9 Å². The average molecular weight is 286 g/mol. The Balaban J connectivity index is 2.09. The van der Waals surface area contributed by atoms with Crippen LogP contribution in [0.2, 0.25) is 0 Å². The second kappa shape index (κ2) is 6.16. The number of rotatable bonds is 3. The molecule has 2 rings (SSSR count). The third-order valence-corrected chi connectivity index (χ3v) is 2.66. The molecule has 0 aliphatic carbocycles. The van der Waals surface area contributed by atoms with E-state index >= 15 is 0 Å². The number of hydrogen-bond acceptors (Lipinski definition) is 1. The first-order chi connectivity index (χ1) is 8.34. The van der Waals surface area contributed by atoms with Gasteiger partial charge >= 0.3 is 0 Å². The molecule has 0 saturated carbocycles. The highest BCUT2D eigenvalue weighted by molar-refractivity contribution is 9.11. The molecule has 84 valence electrons. The van der Waals surface area contributed by atoms with Crippen molar-refractivity contribution in [2.75, 3.05) is 0 Å². The van der Waals surface area contributed by atoms with E-state index in [0.29, 0.717) is 0 Å². The number of halogens is 1. The summed E-state index contributed by atoms with van der Waals surface area (Å²) in [7, 11) is 0. The minimum Gasteiger partial charge on any atom is -0.249 e. The Kier molecular flexibility index (Phi) is 4.28. The van der Waals surface area contributed by atoms with Gasteiger partial charge in [-0.05, 0) is 33.1 Å². The molecule has 0 radical (unpaired) electrons. The lowest BCUT2D eigenvalue weighted by molar-refractivity contribution is 1.55. The Morgan fingerprint density at radius 3 is 1.94 bits per heavy atom. The molecule has 2 aromatic rings. The highest BCUT2D eigenvalue weighted by atomic mass is 79.9. The van der Waals surface area contributed by atoms with E-state index in [1.165, 1.54) is 0 Å². The van der Waals surface area contributed by atoms with Crippen molar-refractivity contribution >= 4 is 28.2 Å². The van der Waals surface area contributed by atoms with Crippen molar-refractivity contribution in [3.63, 3.8) is 0 Å². The lowest BCUT2D eigenvalue weighted by Gasteiger charge is -1.94. The summed E-state index contributed by atoms with van der Waals surface area (Å²) in [4.78, 5) is 4.34. The largest absolute Gasteiger partial charge is 0.249 e. The summed E-state index contributed by atoms with van der Waals surface area (Å²) < 4.78 is 0.813. The molecular formula is C15H12BrN. The minimum absolute atomic E-state index is 0.813. The molecule has 0 atom stereocenters. The van der Waals surface area contributed by atoms with E-state index in [1.54, 1.807) is 0 Å². The van der Waals surface area contributed by atoms with Gasteiger partial charge in [-0.1, -0.05) is 60.7 Å². The Hall–Kier alpha value is -1.67. The molecule has 17 heavy (non-hydrogen) atoms. The van der Waals surface area contributed by atoms with E-state index in [2.05, 4.69) is 20.9 Å². The first kappa shape index (κ1) is 11.8. The summed E-state index contributed by atoms with van der Waals surface area (Å²) in [5.74, 6) is 0. The van der Waals surface area contributed by atoms with E-state index in [-0.39, 0.29) is 0 Å². The molecule has 0 aliphatic rings. The molecule has 0 heterocycles. The van der Waals surface area contributed by atoms with E-state index in [4.69, 9.17) is 0 Å². The first-order valence-electron chi connectivity index (χ1n) is 5.36. The Bertz CT molecular complexity index is 515. The van der Waals surface area contributed by atoms with Gasteiger partial charge in [-0.15, -0.1) is 0 Å². The second-order valence-corrected chi connectivity index (χ2v) is 4.36. The molecular weight excluding hydrogens is 274 g/mol. The van der Waals surface area contributed by atoms with Gasteiger partial charge in [-0.3, -0.25) is 0 Å². The van der Waals surface area contributed by atoms with Crippen LogP contribution in [-0.2, 0) is 0 Å². The van der Waals surface area contributed by atoms with Gasteiger partial charge in [0.1, 0.15) is 4.61 Å². The quantitative estimate of drug-likeness (QED) is 0.582. The number of hydrogen-bond donors (Lipinski definition) is 0. The first-order valence-corrected chi connectivity index (χ1v) is 6.15. The van der Waals surface area contributed by atoms with Gasteiger partial charge in [0, 0.05) is 6.21 Å². The molecule has 2 aromatic carbocycles. The summed E-state index contributed by atoms with van der Waals surface area (Å²) in [6.07, 6.45) is 3.82. The van der Waals surface area contributed by atoms with Crippen molar-refractivity contribution in [1.82, 2.24) is 0 Å². The van der Waals surface area contributed by atoms with Crippen LogP contribution in [0.5, 0.6) is 0 Å². The summed E-state index contributed by atoms with van der Waals surface area (Å²) in [5.41, 5.74) is 2.22. The Labute approximate surface area is 110 Å². The molecule has 0 unspecified atom stereocenters. The summed E-state index contributed by atoms with van der Waals surface area (Å²) in [6.45, 7) is 0. The molecule has 0 aliphatic heterocycles. The SMILES string of the molecule is BrC(=C\c1ccccc1)/N=C/c1ccccc1. The highest BCUT2D eigenvalue weighted by Gasteiger charge is 1.89. The van der Waals surface area contributed by atoms with Crippen LogP contribution in [0.3, 0.4) is 0 Å². The topological polar surface area (TPSA) is 12.4 Å². The predicted octanol–water partition coefficient (Wildman–Crippen LogP) is 4.50. The number of aliphatic imine (C=N–C) groups is 1. The third-order valence-electron chi connectivity index (χ3n) is 2.22. The zero-order chi connectivity index (χ0) is 11.9. The molecule has 2 heteroatoms. The zero-order valence-corrected chi connectivity index (χ0v) is 10.8. The molecule has 1 nitrogen and oxygen atoms in total. The van der Waals surface area contributed by atoms with Crippen molar-refractivity contribution in [2.45, 2.75) is 0 Å². The van der Waals surface area contributed by atoms with E-state index in [9.17, 15) is 0 Å². The third kappa shape index (κ3) is 4.00. The molecule has 0 fully saturated rings. The lowest BCUT2D eigenvalue weighted by atomic mass is 10.2. The van der Waals surface area contributed by atoms with Gasteiger partial charge < -0.3 is 0 Å². The second-order valence-electron chi connectivity index (χ2n) is 3.55. The highest BCUT2D eigenvalue weighted by Crippen LogP contribution is 2.13. The molecule has 0 aromatic heterocycles. The fraction of sp³-hybridized carbons (Fsp3) is 0. The fourth-order valence-electron chi connectivity index (χ4n) is 1.40. The monoisotopic (exact) mass is 285 g/mol. The van der Waals surface area contributed by atoms with Crippen molar-refractivity contribution in [1.29, 1.82) is 0 Å². The Morgan fingerprint density at radius 2 is 1.35 bits per heavy atom. The summed E-state index contributed by atoms with van der Waals surface area (Å²) in [5, 5.41) is 0. The van der Waals surface area contributed by atoms with E-state index < -0.39 is 0 Å². The number of benzene rings is 2. The minimum atomic E-state index is 0.813. The maximum Gasteiger partial charge on any atom is 0.106 e. The van der Waals surface area contributed by atoms with Crippen LogP contribution in [0.25, 0.3) is 6.08 Å². The normalized spacial score (nSPS) is 11.9. The smallest absolute Gasteiger partial charge is 0.106 e. The molecule has 0 amide bonds. The van der Waals surface area contributed by atoms with Gasteiger partial charge in [-0.2, -0.15) is 0 Å². The van der Waals surface area contributed by atoms with Crippen molar-refractivity contribution in [2.24, 2.45) is 4.99 Å². The van der Waals surface area contributed by atoms with Gasteiger partial charge in [0.25, 0.3) is 0 Å². The molecule has 0 N–H and O–H groups in total. The summed E-state index contributed by atoms with van der Waals surface area (Å²) in [6, 6.07) is 20.1. The molecule has 0 bridgehead atoms.